The third-order valence-electron chi connectivity index (χ3n) is 11.0. The molecule has 0 N–H and O–H groups in total. The van der Waals surface area contributed by atoms with E-state index >= 15 is 0 Å². The molecule has 0 saturated carbocycles. The fourth-order valence-electron chi connectivity index (χ4n) is 8.02. The fourth-order valence-corrected chi connectivity index (χ4v) is 14.2. The Morgan fingerprint density at radius 1 is 0.290 bits per heavy atom. The van der Waals surface area contributed by atoms with E-state index in [0.29, 0.717) is 0 Å². The van der Waals surface area contributed by atoms with Crippen molar-refractivity contribution < 1.29 is 44.8 Å². The van der Waals surface area contributed by atoms with Crippen molar-refractivity contribution in [2.24, 2.45) is 0 Å². The standard InChI is InChI=1S/C26H24P2.2C16H9.Ag.Au/c1-5-13-23(14-6-1)27(24-15-7-2-8-16-24)21-22-28(25-17-9-3-10-18-25)26-19-11-4-12-20-26;2*1-2-12-7-5-9-16-14-8-4-3-6-13(14)10-11-15(12)16;;/h1-20H,21-22H2;2*3-11H;;/q;2*-1;2*+1/p+2. The molecule has 0 nitrogen and oxygen atoms in total. The van der Waals surface area contributed by atoms with Crippen LogP contribution in [0, 0.1) is 24.7 Å². The van der Waals surface area contributed by atoms with Gasteiger partial charge in [-0.05, 0) is 80.8 Å². The van der Waals surface area contributed by atoms with E-state index in [0.717, 1.165) is 21.9 Å². The van der Waals surface area contributed by atoms with Crippen LogP contribution >= 0.6 is 15.8 Å². The molecule has 0 unspecified atom stereocenters. The monoisotopic (exact) mass is 1110 g/mol. The third-order valence-corrected chi connectivity index (χ3v) is 17.1. The second-order valence-corrected chi connectivity index (χ2v) is 19.8. The normalized spacial score (nSPS) is 10.4. The molecule has 10 aromatic rings. The molecule has 0 heterocycles. The van der Waals surface area contributed by atoms with E-state index in [1.54, 1.807) is 0 Å². The Hall–Kier alpha value is -5.30. The minimum Gasteiger partial charge on any atom is -0.366 e. The van der Waals surface area contributed by atoms with Gasteiger partial charge in [0.2, 0.25) is 0 Å². The van der Waals surface area contributed by atoms with Crippen LogP contribution in [0.15, 0.2) is 231 Å². The Kier molecular flexibility index (Phi) is 17.3. The molecule has 0 amide bonds. The molecule has 10 rings (SSSR count). The topological polar surface area (TPSA) is 0 Å². The van der Waals surface area contributed by atoms with Crippen LogP contribution in [0.4, 0.5) is 0 Å². The molecule has 0 aliphatic heterocycles. The van der Waals surface area contributed by atoms with E-state index in [2.05, 4.69) is 194 Å². The molecular formula is C58H44AgAuP2+2. The van der Waals surface area contributed by atoms with Crippen LogP contribution < -0.4 is 21.2 Å². The van der Waals surface area contributed by atoms with Crippen molar-refractivity contribution in [3.8, 4) is 11.8 Å². The molecule has 0 aliphatic rings. The number of rotatable bonds is 7. The van der Waals surface area contributed by atoms with E-state index in [1.165, 1.54) is 65.9 Å². The molecule has 0 aromatic heterocycles. The number of hydrogen-bond acceptors (Lipinski definition) is 0. The summed E-state index contributed by atoms with van der Waals surface area (Å²) in [6.45, 7) is 0. The number of hydrogen-bond donors (Lipinski definition) is 0. The average molecular weight is 1110 g/mol. The second kappa shape index (κ2) is 23.2. The molecule has 62 heavy (non-hydrogen) atoms. The molecule has 0 fully saturated rings. The summed E-state index contributed by atoms with van der Waals surface area (Å²) in [6.07, 6.45) is 17.1. The Morgan fingerprint density at radius 3 is 0.903 bits per heavy atom. The van der Waals surface area contributed by atoms with Gasteiger partial charge in [0.05, 0.1) is 37.1 Å². The third kappa shape index (κ3) is 11.0. The van der Waals surface area contributed by atoms with Gasteiger partial charge in [-0.25, -0.2) is 0 Å². The van der Waals surface area contributed by atoms with Crippen LogP contribution in [0.1, 0.15) is 11.1 Å². The van der Waals surface area contributed by atoms with Gasteiger partial charge in [0, 0.05) is 0 Å². The van der Waals surface area contributed by atoms with E-state index < -0.39 is 15.8 Å². The molecule has 0 radical (unpaired) electrons. The predicted octanol–water partition coefficient (Wildman–Crippen LogP) is 12.6. The average Bonchev–Trinajstić information content (AvgIpc) is 3.34. The molecule has 0 atom stereocenters. The van der Waals surface area contributed by atoms with Gasteiger partial charge in [-0.3, -0.25) is 11.8 Å². The largest absolute Gasteiger partial charge is 1.00 e. The Morgan fingerprint density at radius 2 is 0.581 bits per heavy atom. The molecule has 0 aliphatic carbocycles. The van der Waals surface area contributed by atoms with Gasteiger partial charge in [-0.15, -0.1) is 23.3 Å². The van der Waals surface area contributed by atoms with Crippen molar-refractivity contribution in [2.75, 3.05) is 12.3 Å². The van der Waals surface area contributed by atoms with Crippen molar-refractivity contribution in [3.63, 3.8) is 0 Å². The van der Waals surface area contributed by atoms with Crippen LogP contribution in [-0.4, -0.2) is 12.3 Å². The summed E-state index contributed by atoms with van der Waals surface area (Å²) in [4.78, 5) is 0. The zero-order chi connectivity index (χ0) is 40.9. The summed E-state index contributed by atoms with van der Waals surface area (Å²) in [6, 6.07) is 81.4. The van der Waals surface area contributed by atoms with Crippen LogP contribution in [0.2, 0.25) is 0 Å². The Balaban J connectivity index is 0.000000162. The maximum Gasteiger partial charge on any atom is 1.00 e. The number of fused-ring (bicyclic) bond motifs is 6. The predicted molar refractivity (Wildman–Crippen MR) is 266 cm³/mol. The first-order valence-electron chi connectivity index (χ1n) is 20.3. The van der Waals surface area contributed by atoms with E-state index in [1.807, 2.05) is 48.5 Å². The molecule has 10 aromatic carbocycles. The quantitative estimate of drug-likeness (QED) is 0.0491. The Labute approximate surface area is 400 Å². The summed E-state index contributed by atoms with van der Waals surface area (Å²) in [7, 11) is -1.57. The molecular weight excluding hydrogens is 1060 g/mol. The van der Waals surface area contributed by atoms with Crippen LogP contribution in [0.3, 0.4) is 0 Å². The van der Waals surface area contributed by atoms with Gasteiger partial charge in [-0.2, -0.15) is 0 Å². The van der Waals surface area contributed by atoms with Gasteiger partial charge in [0.15, 0.2) is 0 Å². The first-order chi connectivity index (χ1) is 29.7. The first kappa shape index (κ1) is 46.2. The maximum atomic E-state index is 7.28. The van der Waals surface area contributed by atoms with Crippen molar-refractivity contribution in [3.05, 3.63) is 254 Å². The van der Waals surface area contributed by atoms with Crippen LogP contribution in [-0.2, 0) is 44.8 Å². The summed E-state index contributed by atoms with van der Waals surface area (Å²) in [5, 5.41) is 15.6. The maximum absolute atomic E-state index is 7.28. The summed E-state index contributed by atoms with van der Waals surface area (Å²) < 4.78 is 0. The minimum absolute atomic E-state index is 0. The van der Waals surface area contributed by atoms with Gasteiger partial charge >= 0.3 is 44.8 Å². The fraction of sp³-hybridized carbons (Fsp3) is 0.0345. The minimum atomic E-state index is -0.783. The second-order valence-electron chi connectivity index (χ2n) is 14.5. The first-order valence-corrected chi connectivity index (χ1v) is 23.7. The summed E-state index contributed by atoms with van der Waals surface area (Å²) >= 11 is 0. The van der Waals surface area contributed by atoms with Gasteiger partial charge in [-0.1, -0.05) is 181 Å². The van der Waals surface area contributed by atoms with Gasteiger partial charge in [0.25, 0.3) is 0 Å². The zero-order valence-electron chi connectivity index (χ0n) is 34.0. The summed E-state index contributed by atoms with van der Waals surface area (Å²) in [5.74, 6) is 4.97. The zero-order valence-corrected chi connectivity index (χ0v) is 39.6. The molecule has 4 heteroatoms. The molecule has 0 bridgehead atoms. The molecule has 0 saturated heterocycles. The van der Waals surface area contributed by atoms with Crippen molar-refractivity contribution in [1.29, 1.82) is 0 Å². The van der Waals surface area contributed by atoms with Gasteiger partial charge < -0.3 is 12.8 Å². The summed E-state index contributed by atoms with van der Waals surface area (Å²) in [5.41, 5.74) is 1.70. The number of benzene rings is 10. The smallest absolute Gasteiger partial charge is 0.366 e. The van der Waals surface area contributed by atoms with E-state index in [9.17, 15) is 0 Å². The van der Waals surface area contributed by atoms with Crippen LogP contribution in [0.25, 0.3) is 43.1 Å². The van der Waals surface area contributed by atoms with Gasteiger partial charge in [0.1, 0.15) is 12.3 Å². The van der Waals surface area contributed by atoms with Crippen LogP contribution in [0.5, 0.6) is 0 Å². The van der Waals surface area contributed by atoms with E-state index in [-0.39, 0.29) is 44.8 Å². The van der Waals surface area contributed by atoms with E-state index in [4.69, 9.17) is 12.8 Å². The van der Waals surface area contributed by atoms with Crippen molar-refractivity contribution >= 4 is 80.2 Å². The SMILES string of the molecule is [Ag+].[Au+].[C-]#Cc1cccc2c1ccc1ccccc12.[C-]#Cc1cccc2c1ccc1ccccc12.c1ccc([PH+](CC[PH+](c2ccccc2)c2ccccc2)c2ccccc2)cc1. The van der Waals surface area contributed by atoms with Crippen molar-refractivity contribution in [2.45, 2.75) is 0 Å². The molecule has 306 valence electrons. The Bertz CT molecular complexity index is 2780. The van der Waals surface area contributed by atoms with Crippen molar-refractivity contribution in [1.82, 2.24) is 0 Å². The molecule has 0 spiro atoms.